The minimum Gasteiger partial charge on any atom is -0.497 e. The van der Waals surface area contributed by atoms with Crippen molar-refractivity contribution in [1.29, 1.82) is 0 Å². The Morgan fingerprint density at radius 2 is 1.78 bits per heavy atom. The third-order valence-corrected chi connectivity index (χ3v) is 5.88. The van der Waals surface area contributed by atoms with Gasteiger partial charge in [0.15, 0.2) is 11.5 Å². The molecule has 3 aromatic carbocycles. The number of hydrazone groups is 1. The minimum absolute atomic E-state index is 0.0478. The van der Waals surface area contributed by atoms with Crippen LogP contribution in [0.1, 0.15) is 42.3 Å². The molecule has 0 aromatic heterocycles. The van der Waals surface area contributed by atoms with Crippen LogP contribution in [0.15, 0.2) is 71.8 Å². The highest BCUT2D eigenvalue weighted by molar-refractivity contribution is 6.02. The number of benzene rings is 3. The first kappa shape index (κ1) is 20.2. The predicted molar refractivity (Wildman–Crippen MR) is 123 cm³/mol. The molecule has 0 bridgehead atoms. The first-order valence-electron chi connectivity index (χ1n) is 10.8. The van der Waals surface area contributed by atoms with Crippen LogP contribution >= 0.6 is 0 Å². The molecule has 0 N–H and O–H groups in total. The molecule has 0 fully saturated rings. The van der Waals surface area contributed by atoms with Gasteiger partial charge in [-0.15, -0.1) is 0 Å². The van der Waals surface area contributed by atoms with E-state index in [4.69, 9.17) is 24.0 Å². The average molecular weight is 431 g/mol. The van der Waals surface area contributed by atoms with Crippen LogP contribution in [0, 0.1) is 0 Å². The Balaban J connectivity index is 1.56. The molecule has 6 nitrogen and oxygen atoms in total. The van der Waals surface area contributed by atoms with E-state index in [-0.39, 0.29) is 12.3 Å². The van der Waals surface area contributed by atoms with Crippen molar-refractivity contribution in [3.8, 4) is 23.0 Å². The molecule has 164 valence electrons. The normalized spacial score (nSPS) is 18.8. The van der Waals surface area contributed by atoms with Crippen LogP contribution in [0.5, 0.6) is 23.0 Å². The summed E-state index contributed by atoms with van der Waals surface area (Å²) >= 11 is 0. The number of hydrogen-bond acceptors (Lipinski definition) is 6. The van der Waals surface area contributed by atoms with Gasteiger partial charge in [-0.3, -0.25) is 0 Å². The van der Waals surface area contributed by atoms with Crippen LogP contribution in [-0.4, -0.2) is 31.5 Å². The Bertz CT molecular complexity index is 1140. The lowest BCUT2D eigenvalue weighted by molar-refractivity contribution is -0.0210. The van der Waals surface area contributed by atoms with Crippen molar-refractivity contribution >= 4 is 5.71 Å². The maximum atomic E-state index is 6.51. The SMILES string of the molecule is CCOc1ccc(C2=NN3[C@@H](C2)c2cccc(OC)c2O[C@H]3c2cccc(OC)c2)cc1. The number of hydrogen-bond donors (Lipinski definition) is 0. The lowest BCUT2D eigenvalue weighted by atomic mass is 9.95. The van der Waals surface area contributed by atoms with E-state index in [9.17, 15) is 0 Å². The molecule has 2 aliphatic heterocycles. The summed E-state index contributed by atoms with van der Waals surface area (Å²) in [4.78, 5) is 0. The Hall–Kier alpha value is -3.67. The van der Waals surface area contributed by atoms with Gasteiger partial charge in [-0.25, -0.2) is 5.01 Å². The fourth-order valence-corrected chi connectivity index (χ4v) is 4.34. The molecular weight excluding hydrogens is 404 g/mol. The maximum Gasteiger partial charge on any atom is 0.214 e. The molecule has 0 unspecified atom stereocenters. The van der Waals surface area contributed by atoms with Gasteiger partial charge in [-0.2, -0.15) is 5.10 Å². The lowest BCUT2D eigenvalue weighted by Crippen LogP contribution is -2.33. The average Bonchev–Trinajstić information content (AvgIpc) is 3.29. The van der Waals surface area contributed by atoms with Crippen LogP contribution in [0.2, 0.25) is 0 Å². The Kier molecular flexibility index (Phi) is 5.35. The van der Waals surface area contributed by atoms with Gasteiger partial charge >= 0.3 is 0 Å². The van der Waals surface area contributed by atoms with E-state index < -0.39 is 0 Å². The summed E-state index contributed by atoms with van der Waals surface area (Å²) in [5.41, 5.74) is 4.15. The van der Waals surface area contributed by atoms with E-state index in [1.165, 1.54) is 0 Å². The highest BCUT2D eigenvalue weighted by Crippen LogP contribution is 2.50. The van der Waals surface area contributed by atoms with Crippen molar-refractivity contribution in [3.05, 3.63) is 83.4 Å². The summed E-state index contributed by atoms with van der Waals surface area (Å²) < 4.78 is 23.2. The Labute approximate surface area is 188 Å². The maximum absolute atomic E-state index is 6.51. The first-order valence-corrected chi connectivity index (χ1v) is 10.8. The fraction of sp³-hybridized carbons (Fsp3) is 0.269. The number of para-hydroxylation sites is 1. The largest absolute Gasteiger partial charge is 0.497 e. The van der Waals surface area contributed by atoms with Crippen molar-refractivity contribution in [2.45, 2.75) is 25.6 Å². The zero-order chi connectivity index (χ0) is 22.1. The van der Waals surface area contributed by atoms with E-state index in [1.54, 1.807) is 14.2 Å². The van der Waals surface area contributed by atoms with E-state index in [1.807, 2.05) is 55.5 Å². The van der Waals surface area contributed by atoms with Gasteiger partial charge in [0.25, 0.3) is 0 Å². The molecule has 0 aliphatic carbocycles. The molecule has 0 spiro atoms. The Morgan fingerprint density at radius 3 is 2.53 bits per heavy atom. The van der Waals surface area contributed by atoms with E-state index in [0.717, 1.165) is 51.8 Å². The Morgan fingerprint density at radius 1 is 0.969 bits per heavy atom. The summed E-state index contributed by atoms with van der Waals surface area (Å²) in [5.74, 6) is 3.14. The molecule has 3 aromatic rings. The second-order valence-corrected chi connectivity index (χ2v) is 7.73. The summed E-state index contributed by atoms with van der Waals surface area (Å²) in [6.45, 7) is 2.63. The number of rotatable bonds is 6. The van der Waals surface area contributed by atoms with Crippen molar-refractivity contribution in [3.63, 3.8) is 0 Å². The second-order valence-electron chi connectivity index (χ2n) is 7.73. The molecule has 0 amide bonds. The summed E-state index contributed by atoms with van der Waals surface area (Å²) in [6, 6.07) is 22.1. The second kappa shape index (κ2) is 8.46. The standard InChI is InChI=1S/C26H26N2O4/c1-4-31-19-13-11-17(12-14-19)22-16-23-21-9-6-10-24(30-3)25(21)32-26(28(23)27-22)18-7-5-8-20(15-18)29-2/h5-15,23,26H,4,16H2,1-3H3/t23-,26-/m0/s1. The molecule has 2 heterocycles. The fourth-order valence-electron chi connectivity index (χ4n) is 4.34. The highest BCUT2D eigenvalue weighted by atomic mass is 16.5. The lowest BCUT2D eigenvalue weighted by Gasteiger charge is -2.38. The van der Waals surface area contributed by atoms with Crippen molar-refractivity contribution in [1.82, 2.24) is 5.01 Å². The van der Waals surface area contributed by atoms with Gasteiger partial charge in [0.2, 0.25) is 6.23 Å². The number of nitrogens with zero attached hydrogens (tertiary/aromatic N) is 2. The molecule has 2 aliphatic rings. The highest BCUT2D eigenvalue weighted by Gasteiger charge is 2.42. The van der Waals surface area contributed by atoms with Crippen LogP contribution < -0.4 is 18.9 Å². The van der Waals surface area contributed by atoms with Gasteiger partial charge in [0, 0.05) is 17.5 Å². The van der Waals surface area contributed by atoms with Crippen molar-refractivity contribution in [2.24, 2.45) is 5.10 Å². The zero-order valence-corrected chi connectivity index (χ0v) is 18.4. The topological polar surface area (TPSA) is 52.5 Å². The van der Waals surface area contributed by atoms with Crippen LogP contribution in [0.3, 0.4) is 0 Å². The number of ether oxygens (including phenoxy) is 4. The summed E-state index contributed by atoms with van der Waals surface area (Å²) in [6.07, 6.45) is 0.386. The number of fused-ring (bicyclic) bond motifs is 3. The quantitative estimate of drug-likeness (QED) is 0.528. The molecule has 32 heavy (non-hydrogen) atoms. The van der Waals surface area contributed by atoms with Crippen LogP contribution in [-0.2, 0) is 0 Å². The van der Waals surface area contributed by atoms with Crippen LogP contribution in [0.4, 0.5) is 0 Å². The van der Waals surface area contributed by atoms with Gasteiger partial charge in [0.05, 0.1) is 32.6 Å². The predicted octanol–water partition coefficient (Wildman–Crippen LogP) is 5.34. The van der Waals surface area contributed by atoms with E-state index >= 15 is 0 Å². The summed E-state index contributed by atoms with van der Waals surface area (Å²) in [7, 11) is 3.34. The molecule has 6 heteroatoms. The minimum atomic E-state index is -0.390. The molecule has 0 saturated heterocycles. The molecule has 0 radical (unpaired) electrons. The molecular formula is C26H26N2O4. The van der Waals surface area contributed by atoms with Crippen molar-refractivity contribution in [2.75, 3.05) is 20.8 Å². The zero-order valence-electron chi connectivity index (χ0n) is 18.4. The van der Waals surface area contributed by atoms with Crippen molar-refractivity contribution < 1.29 is 18.9 Å². The third-order valence-electron chi connectivity index (χ3n) is 5.88. The van der Waals surface area contributed by atoms with Gasteiger partial charge < -0.3 is 18.9 Å². The third kappa shape index (κ3) is 3.51. The van der Waals surface area contributed by atoms with E-state index in [0.29, 0.717) is 6.61 Å². The number of methoxy groups -OCH3 is 2. The van der Waals surface area contributed by atoms with E-state index in [2.05, 4.69) is 23.2 Å². The molecule has 2 atom stereocenters. The van der Waals surface area contributed by atoms with Gasteiger partial charge in [0.1, 0.15) is 11.5 Å². The smallest absolute Gasteiger partial charge is 0.214 e. The molecule has 5 rings (SSSR count). The van der Waals surface area contributed by atoms with Crippen LogP contribution in [0.25, 0.3) is 0 Å². The van der Waals surface area contributed by atoms with Gasteiger partial charge in [-0.1, -0.05) is 24.3 Å². The molecule has 0 saturated carbocycles. The monoisotopic (exact) mass is 430 g/mol. The van der Waals surface area contributed by atoms with Gasteiger partial charge in [-0.05, 0) is 55.0 Å². The summed E-state index contributed by atoms with van der Waals surface area (Å²) in [5, 5.41) is 7.08. The first-order chi connectivity index (χ1) is 15.7.